The Bertz CT molecular complexity index is 394. The lowest BCUT2D eigenvalue weighted by Crippen LogP contribution is -2.28. The lowest BCUT2D eigenvalue weighted by Gasteiger charge is -2.09. The Balaban J connectivity index is 2.43. The Morgan fingerprint density at radius 1 is 1.42 bits per heavy atom. The quantitative estimate of drug-likeness (QED) is 0.706. The monoisotopic (exact) mass is 265 g/mol. The van der Waals surface area contributed by atoms with E-state index >= 15 is 0 Å². The summed E-state index contributed by atoms with van der Waals surface area (Å²) >= 11 is 0. The summed E-state index contributed by atoms with van der Waals surface area (Å²) in [5.41, 5.74) is 1.34. The SMILES string of the molecule is CCCNc1ccnc(C(=O)NCCOC(C)C)c1. The van der Waals surface area contributed by atoms with Crippen LogP contribution in [0.1, 0.15) is 37.7 Å². The van der Waals surface area contributed by atoms with Crippen LogP contribution in [0.15, 0.2) is 18.3 Å². The van der Waals surface area contributed by atoms with Crippen LogP contribution in [-0.2, 0) is 4.74 Å². The van der Waals surface area contributed by atoms with Gasteiger partial charge in [-0.05, 0) is 32.4 Å². The molecule has 0 saturated heterocycles. The molecule has 0 unspecified atom stereocenters. The second-order valence-corrected chi connectivity index (χ2v) is 4.53. The number of hydrogen-bond acceptors (Lipinski definition) is 4. The van der Waals surface area contributed by atoms with Crippen LogP contribution in [0, 0.1) is 0 Å². The Labute approximate surface area is 114 Å². The Kier molecular flexibility index (Phi) is 6.89. The number of carbonyl (C=O) groups excluding carboxylic acids is 1. The minimum atomic E-state index is -0.174. The maximum absolute atomic E-state index is 11.9. The van der Waals surface area contributed by atoms with E-state index in [2.05, 4.69) is 22.5 Å². The smallest absolute Gasteiger partial charge is 0.270 e. The summed E-state index contributed by atoms with van der Waals surface area (Å²) < 4.78 is 5.36. The Hall–Kier alpha value is -1.62. The van der Waals surface area contributed by atoms with Crippen molar-refractivity contribution in [2.24, 2.45) is 0 Å². The van der Waals surface area contributed by atoms with E-state index in [1.807, 2.05) is 19.9 Å². The third-order valence-electron chi connectivity index (χ3n) is 2.41. The number of anilines is 1. The highest BCUT2D eigenvalue weighted by Gasteiger charge is 2.07. The van der Waals surface area contributed by atoms with Crippen molar-refractivity contribution in [1.82, 2.24) is 10.3 Å². The molecule has 1 amide bonds. The van der Waals surface area contributed by atoms with Gasteiger partial charge in [-0.15, -0.1) is 0 Å². The molecule has 0 aliphatic rings. The third-order valence-corrected chi connectivity index (χ3v) is 2.41. The van der Waals surface area contributed by atoms with Gasteiger partial charge >= 0.3 is 0 Å². The molecular formula is C14H23N3O2. The minimum absolute atomic E-state index is 0.174. The van der Waals surface area contributed by atoms with E-state index < -0.39 is 0 Å². The number of hydrogen-bond donors (Lipinski definition) is 2. The van der Waals surface area contributed by atoms with Gasteiger partial charge in [0.1, 0.15) is 5.69 Å². The number of pyridine rings is 1. The molecule has 0 radical (unpaired) electrons. The van der Waals surface area contributed by atoms with Crippen LogP contribution in [0.5, 0.6) is 0 Å². The summed E-state index contributed by atoms with van der Waals surface area (Å²) in [7, 11) is 0. The summed E-state index contributed by atoms with van der Waals surface area (Å²) in [5, 5.41) is 6.01. The molecule has 0 aliphatic carbocycles. The molecule has 1 aromatic rings. The van der Waals surface area contributed by atoms with Crippen molar-refractivity contribution >= 4 is 11.6 Å². The number of nitrogens with zero attached hydrogens (tertiary/aromatic N) is 1. The van der Waals surface area contributed by atoms with Crippen molar-refractivity contribution in [1.29, 1.82) is 0 Å². The van der Waals surface area contributed by atoms with Crippen LogP contribution >= 0.6 is 0 Å². The first-order valence-corrected chi connectivity index (χ1v) is 6.73. The fourth-order valence-corrected chi connectivity index (χ4v) is 1.48. The lowest BCUT2D eigenvalue weighted by atomic mass is 10.3. The van der Waals surface area contributed by atoms with Gasteiger partial charge in [-0.1, -0.05) is 6.92 Å². The molecule has 19 heavy (non-hydrogen) atoms. The van der Waals surface area contributed by atoms with E-state index in [0.29, 0.717) is 18.8 Å². The predicted octanol–water partition coefficient (Wildman–Crippen LogP) is 2.06. The standard InChI is InChI=1S/C14H23N3O2/c1-4-6-15-12-5-7-16-13(10-12)14(18)17-8-9-19-11(2)3/h5,7,10-11H,4,6,8-9H2,1-3H3,(H,15,16)(H,17,18). The van der Waals surface area contributed by atoms with Crippen LogP contribution in [0.3, 0.4) is 0 Å². The first kappa shape index (κ1) is 15.4. The second-order valence-electron chi connectivity index (χ2n) is 4.53. The number of aromatic nitrogens is 1. The molecule has 0 aliphatic heterocycles. The van der Waals surface area contributed by atoms with Crippen LogP contribution in [-0.4, -0.2) is 36.7 Å². The fourth-order valence-electron chi connectivity index (χ4n) is 1.48. The number of rotatable bonds is 8. The maximum atomic E-state index is 11.9. The summed E-state index contributed by atoms with van der Waals surface area (Å²) in [6, 6.07) is 3.61. The normalized spacial score (nSPS) is 10.5. The van der Waals surface area contributed by atoms with Crippen molar-refractivity contribution in [2.75, 3.05) is 25.0 Å². The molecule has 5 nitrogen and oxygen atoms in total. The average Bonchev–Trinajstić information content (AvgIpc) is 2.41. The second kappa shape index (κ2) is 8.48. The van der Waals surface area contributed by atoms with E-state index in [0.717, 1.165) is 18.7 Å². The van der Waals surface area contributed by atoms with E-state index in [1.54, 1.807) is 12.3 Å². The highest BCUT2D eigenvalue weighted by atomic mass is 16.5. The molecule has 1 rings (SSSR count). The molecule has 0 spiro atoms. The predicted molar refractivity (Wildman–Crippen MR) is 76.4 cm³/mol. The van der Waals surface area contributed by atoms with Gasteiger partial charge in [-0.3, -0.25) is 9.78 Å². The average molecular weight is 265 g/mol. The topological polar surface area (TPSA) is 63.2 Å². The highest BCUT2D eigenvalue weighted by Crippen LogP contribution is 2.07. The fraction of sp³-hybridized carbons (Fsp3) is 0.571. The molecule has 106 valence electrons. The van der Waals surface area contributed by atoms with Crippen molar-refractivity contribution in [3.63, 3.8) is 0 Å². The molecule has 1 aromatic heterocycles. The zero-order chi connectivity index (χ0) is 14.1. The van der Waals surface area contributed by atoms with Gasteiger partial charge in [-0.2, -0.15) is 0 Å². The van der Waals surface area contributed by atoms with Gasteiger partial charge in [0, 0.05) is 25.0 Å². The molecule has 0 aromatic carbocycles. The number of carbonyl (C=O) groups is 1. The lowest BCUT2D eigenvalue weighted by molar-refractivity contribution is 0.0745. The minimum Gasteiger partial charge on any atom is -0.385 e. The number of ether oxygens (including phenoxy) is 1. The summed E-state index contributed by atoms with van der Waals surface area (Å²) in [6.45, 7) is 7.91. The molecule has 0 fully saturated rings. The van der Waals surface area contributed by atoms with E-state index in [9.17, 15) is 4.79 Å². The van der Waals surface area contributed by atoms with Crippen molar-refractivity contribution in [3.05, 3.63) is 24.0 Å². The third kappa shape index (κ3) is 6.20. The molecule has 5 heteroatoms. The van der Waals surface area contributed by atoms with Gasteiger partial charge < -0.3 is 15.4 Å². The molecule has 0 saturated carbocycles. The van der Waals surface area contributed by atoms with Crippen LogP contribution in [0.25, 0.3) is 0 Å². The molecular weight excluding hydrogens is 242 g/mol. The van der Waals surface area contributed by atoms with Crippen LogP contribution < -0.4 is 10.6 Å². The Morgan fingerprint density at radius 3 is 2.89 bits per heavy atom. The first-order valence-electron chi connectivity index (χ1n) is 6.73. The van der Waals surface area contributed by atoms with Gasteiger partial charge in [-0.25, -0.2) is 0 Å². The van der Waals surface area contributed by atoms with Gasteiger partial charge in [0.05, 0.1) is 12.7 Å². The van der Waals surface area contributed by atoms with Crippen molar-refractivity contribution in [3.8, 4) is 0 Å². The highest BCUT2D eigenvalue weighted by molar-refractivity contribution is 5.93. The van der Waals surface area contributed by atoms with Gasteiger partial charge in [0.2, 0.25) is 0 Å². The summed E-state index contributed by atoms with van der Waals surface area (Å²) in [4.78, 5) is 15.9. The van der Waals surface area contributed by atoms with E-state index in [1.165, 1.54) is 0 Å². The zero-order valence-corrected chi connectivity index (χ0v) is 11.9. The van der Waals surface area contributed by atoms with Crippen LogP contribution in [0.4, 0.5) is 5.69 Å². The number of amides is 1. The van der Waals surface area contributed by atoms with Crippen molar-refractivity contribution < 1.29 is 9.53 Å². The Morgan fingerprint density at radius 2 is 2.21 bits per heavy atom. The van der Waals surface area contributed by atoms with E-state index in [-0.39, 0.29) is 12.0 Å². The summed E-state index contributed by atoms with van der Waals surface area (Å²) in [6.07, 6.45) is 2.85. The zero-order valence-electron chi connectivity index (χ0n) is 11.9. The van der Waals surface area contributed by atoms with E-state index in [4.69, 9.17) is 4.74 Å². The van der Waals surface area contributed by atoms with Gasteiger partial charge in [0.25, 0.3) is 5.91 Å². The molecule has 0 atom stereocenters. The van der Waals surface area contributed by atoms with Crippen molar-refractivity contribution in [2.45, 2.75) is 33.3 Å². The maximum Gasteiger partial charge on any atom is 0.270 e. The number of nitrogens with one attached hydrogen (secondary N) is 2. The van der Waals surface area contributed by atoms with Gasteiger partial charge in [0.15, 0.2) is 0 Å². The molecule has 2 N–H and O–H groups in total. The first-order chi connectivity index (χ1) is 9.13. The molecule has 0 bridgehead atoms. The largest absolute Gasteiger partial charge is 0.385 e. The molecule has 1 heterocycles. The summed E-state index contributed by atoms with van der Waals surface area (Å²) in [5.74, 6) is -0.174. The van der Waals surface area contributed by atoms with Crippen LogP contribution in [0.2, 0.25) is 0 Å².